The predicted octanol–water partition coefficient (Wildman–Crippen LogP) is 1.71. The van der Waals surface area contributed by atoms with E-state index in [1.165, 1.54) is 16.2 Å². The Labute approximate surface area is 139 Å². The molecular formula is C18H19N3O3. The highest BCUT2D eigenvalue weighted by Gasteiger charge is 2.16. The maximum absolute atomic E-state index is 12.0. The number of benzene rings is 1. The van der Waals surface area contributed by atoms with Crippen molar-refractivity contribution in [2.75, 3.05) is 7.11 Å². The molecule has 1 N–H and O–H groups in total. The molecule has 0 fully saturated rings. The van der Waals surface area contributed by atoms with Crippen molar-refractivity contribution in [2.45, 2.75) is 25.8 Å². The van der Waals surface area contributed by atoms with Crippen molar-refractivity contribution in [2.24, 2.45) is 5.10 Å². The molecule has 124 valence electrons. The zero-order valence-corrected chi connectivity index (χ0v) is 13.5. The maximum atomic E-state index is 12.0. The van der Waals surface area contributed by atoms with Crippen molar-refractivity contribution in [3.63, 3.8) is 0 Å². The average Bonchev–Trinajstić information content (AvgIpc) is 2.61. The van der Waals surface area contributed by atoms with Gasteiger partial charge in [0.25, 0.3) is 11.5 Å². The third-order valence-corrected chi connectivity index (χ3v) is 4.01. The van der Waals surface area contributed by atoms with Crippen LogP contribution in [0.15, 0.2) is 52.5 Å². The van der Waals surface area contributed by atoms with Gasteiger partial charge in [-0.05, 0) is 49.1 Å². The molecule has 2 aromatic rings. The van der Waals surface area contributed by atoms with E-state index in [1.807, 2.05) is 18.2 Å². The summed E-state index contributed by atoms with van der Waals surface area (Å²) in [6, 6.07) is 10.7. The summed E-state index contributed by atoms with van der Waals surface area (Å²) in [6.07, 6.45) is 4.34. The van der Waals surface area contributed by atoms with Gasteiger partial charge in [0.05, 0.1) is 12.8 Å². The van der Waals surface area contributed by atoms with E-state index in [2.05, 4.69) is 10.5 Å². The van der Waals surface area contributed by atoms with Gasteiger partial charge in [-0.1, -0.05) is 6.07 Å². The Balaban J connectivity index is 1.73. The van der Waals surface area contributed by atoms with Gasteiger partial charge in [0, 0.05) is 17.8 Å². The summed E-state index contributed by atoms with van der Waals surface area (Å²) in [7, 11) is 1.64. The van der Waals surface area contributed by atoms with Crippen molar-refractivity contribution in [1.29, 1.82) is 0 Å². The minimum Gasteiger partial charge on any atom is -0.497 e. The molecule has 6 nitrogen and oxygen atoms in total. The zero-order chi connectivity index (χ0) is 16.9. The van der Waals surface area contributed by atoms with E-state index in [4.69, 9.17) is 4.74 Å². The van der Waals surface area contributed by atoms with Gasteiger partial charge in [0.15, 0.2) is 0 Å². The van der Waals surface area contributed by atoms with Crippen LogP contribution in [0.3, 0.4) is 0 Å². The largest absolute Gasteiger partial charge is 0.497 e. The fourth-order valence-electron chi connectivity index (χ4n) is 2.79. The van der Waals surface area contributed by atoms with Gasteiger partial charge in [0.2, 0.25) is 0 Å². The minimum atomic E-state index is -0.323. The molecule has 1 aromatic carbocycles. The first-order chi connectivity index (χ1) is 11.7. The quantitative estimate of drug-likeness (QED) is 0.870. The number of aryl methyl sites for hydroxylation is 1. The van der Waals surface area contributed by atoms with Gasteiger partial charge >= 0.3 is 0 Å². The van der Waals surface area contributed by atoms with E-state index in [9.17, 15) is 9.59 Å². The minimum absolute atomic E-state index is 0.0497. The summed E-state index contributed by atoms with van der Waals surface area (Å²) in [5.41, 5.74) is 5.41. The molecule has 0 aliphatic heterocycles. The Kier molecular flexibility index (Phi) is 4.74. The normalized spacial score (nSPS) is 15.0. The molecule has 0 unspecified atom stereocenters. The molecule has 0 bridgehead atoms. The molecule has 1 amide bonds. The standard InChI is InChI=1S/C18H19N3O3/c1-24-14-8-9-15-13(11-14)5-4-6-16(15)19-20-17(22)12-21-10-3-2-7-18(21)23/h2-3,7-11H,4-6,12H2,1H3,(H,20,22)/b19-16-. The van der Waals surface area contributed by atoms with Crippen LogP contribution < -0.4 is 15.7 Å². The van der Waals surface area contributed by atoms with Gasteiger partial charge in [-0.2, -0.15) is 5.10 Å². The fourth-order valence-corrected chi connectivity index (χ4v) is 2.79. The van der Waals surface area contributed by atoms with Crippen LogP contribution in [0.2, 0.25) is 0 Å². The molecule has 0 radical (unpaired) electrons. The van der Waals surface area contributed by atoms with Crippen LogP contribution in [0, 0.1) is 0 Å². The molecule has 0 atom stereocenters. The number of hydrogen-bond donors (Lipinski definition) is 1. The second-order valence-electron chi connectivity index (χ2n) is 5.64. The fraction of sp³-hybridized carbons (Fsp3) is 0.278. The number of hydrazone groups is 1. The summed E-state index contributed by atoms with van der Waals surface area (Å²) in [5, 5.41) is 4.27. The van der Waals surface area contributed by atoms with Crippen molar-refractivity contribution in [3.05, 3.63) is 64.1 Å². The van der Waals surface area contributed by atoms with Gasteiger partial charge < -0.3 is 9.30 Å². The number of rotatable bonds is 4. The lowest BCUT2D eigenvalue weighted by molar-refractivity contribution is -0.121. The Morgan fingerprint density at radius 3 is 2.96 bits per heavy atom. The summed E-state index contributed by atoms with van der Waals surface area (Å²) < 4.78 is 6.59. The predicted molar refractivity (Wildman–Crippen MR) is 91.3 cm³/mol. The van der Waals surface area contributed by atoms with Crippen molar-refractivity contribution >= 4 is 11.6 Å². The van der Waals surface area contributed by atoms with E-state index < -0.39 is 0 Å². The lowest BCUT2D eigenvalue weighted by atomic mass is 9.90. The van der Waals surface area contributed by atoms with E-state index in [1.54, 1.807) is 25.4 Å². The van der Waals surface area contributed by atoms with Crippen LogP contribution in [-0.4, -0.2) is 23.3 Å². The number of nitrogens with zero attached hydrogens (tertiary/aromatic N) is 2. The Bertz CT molecular complexity index is 839. The van der Waals surface area contributed by atoms with E-state index in [0.717, 1.165) is 36.3 Å². The SMILES string of the molecule is COc1ccc2c(c1)CCC/C2=N/NC(=O)Cn1ccccc1=O. The molecule has 6 heteroatoms. The highest BCUT2D eigenvalue weighted by molar-refractivity contribution is 6.03. The van der Waals surface area contributed by atoms with Crippen LogP contribution in [0.25, 0.3) is 0 Å². The van der Waals surface area contributed by atoms with Gasteiger partial charge in [0.1, 0.15) is 12.3 Å². The first-order valence-corrected chi connectivity index (χ1v) is 7.85. The number of fused-ring (bicyclic) bond motifs is 1. The smallest absolute Gasteiger partial charge is 0.260 e. The maximum Gasteiger partial charge on any atom is 0.260 e. The Morgan fingerprint density at radius 2 is 2.17 bits per heavy atom. The first kappa shape index (κ1) is 16.0. The highest BCUT2D eigenvalue weighted by atomic mass is 16.5. The summed E-state index contributed by atoms with van der Waals surface area (Å²) in [4.78, 5) is 23.6. The van der Waals surface area contributed by atoms with Crippen molar-refractivity contribution < 1.29 is 9.53 Å². The Morgan fingerprint density at radius 1 is 1.29 bits per heavy atom. The lowest BCUT2D eigenvalue weighted by Gasteiger charge is -2.18. The van der Waals surface area contributed by atoms with Crippen LogP contribution in [-0.2, 0) is 17.8 Å². The summed E-state index contributed by atoms with van der Waals surface area (Å²) in [5.74, 6) is 0.499. The number of amides is 1. The third kappa shape index (κ3) is 3.53. The third-order valence-electron chi connectivity index (χ3n) is 4.01. The summed E-state index contributed by atoms with van der Waals surface area (Å²) in [6.45, 7) is -0.0497. The molecule has 24 heavy (non-hydrogen) atoms. The molecule has 1 aromatic heterocycles. The average molecular weight is 325 g/mol. The van der Waals surface area contributed by atoms with E-state index in [-0.39, 0.29) is 18.0 Å². The van der Waals surface area contributed by atoms with Crippen LogP contribution in [0.5, 0.6) is 5.75 Å². The molecule has 0 saturated heterocycles. The van der Waals surface area contributed by atoms with Gasteiger partial charge in [-0.25, -0.2) is 5.43 Å². The lowest BCUT2D eigenvalue weighted by Crippen LogP contribution is -2.30. The van der Waals surface area contributed by atoms with Gasteiger partial charge in [-0.3, -0.25) is 9.59 Å². The molecule has 0 spiro atoms. The second-order valence-corrected chi connectivity index (χ2v) is 5.64. The highest BCUT2D eigenvalue weighted by Crippen LogP contribution is 2.25. The monoisotopic (exact) mass is 325 g/mol. The van der Waals surface area contributed by atoms with Gasteiger partial charge in [-0.15, -0.1) is 0 Å². The Hall–Kier alpha value is -2.89. The number of methoxy groups -OCH3 is 1. The van der Waals surface area contributed by atoms with E-state index >= 15 is 0 Å². The number of aromatic nitrogens is 1. The van der Waals surface area contributed by atoms with Crippen molar-refractivity contribution in [3.8, 4) is 5.75 Å². The molecule has 1 aliphatic carbocycles. The zero-order valence-electron chi connectivity index (χ0n) is 13.5. The van der Waals surface area contributed by atoms with Crippen molar-refractivity contribution in [1.82, 2.24) is 9.99 Å². The number of carbonyl (C=O) groups is 1. The van der Waals surface area contributed by atoms with Crippen LogP contribution >= 0.6 is 0 Å². The molecule has 0 saturated carbocycles. The molecule has 3 rings (SSSR count). The number of hydrogen-bond acceptors (Lipinski definition) is 4. The molecule has 1 aliphatic rings. The number of carbonyl (C=O) groups excluding carboxylic acids is 1. The van der Waals surface area contributed by atoms with Crippen LogP contribution in [0.1, 0.15) is 24.0 Å². The number of pyridine rings is 1. The topological polar surface area (TPSA) is 72.7 Å². The first-order valence-electron chi connectivity index (χ1n) is 7.85. The van der Waals surface area contributed by atoms with E-state index in [0.29, 0.717) is 0 Å². The van der Waals surface area contributed by atoms with Crippen LogP contribution in [0.4, 0.5) is 0 Å². The number of ether oxygens (including phenoxy) is 1. The second kappa shape index (κ2) is 7.12. The number of nitrogens with one attached hydrogen (secondary N) is 1. The molecule has 1 heterocycles. The summed E-state index contributed by atoms with van der Waals surface area (Å²) >= 11 is 0. The molecular weight excluding hydrogens is 306 g/mol.